The number of sulfonamides is 1. The zero-order valence-electron chi connectivity index (χ0n) is 14.9. The first-order chi connectivity index (χ1) is 12.0. The van der Waals surface area contributed by atoms with Crippen LogP contribution in [-0.2, 0) is 16.6 Å². The molecule has 4 nitrogen and oxygen atoms in total. The van der Waals surface area contributed by atoms with Gasteiger partial charge in [-0.1, -0.05) is 31.2 Å². The van der Waals surface area contributed by atoms with E-state index >= 15 is 0 Å². The summed E-state index contributed by atoms with van der Waals surface area (Å²) in [5.41, 5.74) is 3.41. The highest BCUT2D eigenvalue weighted by Gasteiger charge is 2.28. The maximum Gasteiger partial charge on any atom is 0.243 e. The number of hydrogen-bond acceptors (Lipinski definition) is 3. The molecule has 0 aromatic heterocycles. The summed E-state index contributed by atoms with van der Waals surface area (Å²) in [5, 5.41) is 3.36. The van der Waals surface area contributed by atoms with Crippen molar-refractivity contribution in [3.05, 3.63) is 59.7 Å². The maximum atomic E-state index is 12.8. The van der Waals surface area contributed by atoms with E-state index in [0.29, 0.717) is 23.9 Å². The summed E-state index contributed by atoms with van der Waals surface area (Å²) < 4.78 is 27.2. The van der Waals surface area contributed by atoms with E-state index < -0.39 is 10.0 Å². The fourth-order valence-corrected chi connectivity index (χ4v) is 4.86. The minimum atomic E-state index is -3.38. The Morgan fingerprint density at radius 1 is 1.12 bits per heavy atom. The first-order valence-corrected chi connectivity index (χ1v) is 10.3. The van der Waals surface area contributed by atoms with Gasteiger partial charge in [-0.3, -0.25) is 0 Å². The Bertz CT molecular complexity index is 816. The molecular weight excluding hydrogens is 332 g/mol. The van der Waals surface area contributed by atoms with Gasteiger partial charge in [0.2, 0.25) is 10.0 Å². The largest absolute Gasteiger partial charge is 0.381 e. The van der Waals surface area contributed by atoms with Gasteiger partial charge in [0, 0.05) is 25.3 Å². The summed E-state index contributed by atoms with van der Waals surface area (Å²) in [4.78, 5) is 0.378. The van der Waals surface area contributed by atoms with Gasteiger partial charge >= 0.3 is 0 Å². The predicted octanol–water partition coefficient (Wildman–Crippen LogP) is 4.03. The number of anilines is 1. The van der Waals surface area contributed by atoms with Crippen molar-refractivity contribution in [1.29, 1.82) is 0 Å². The van der Waals surface area contributed by atoms with E-state index in [1.807, 2.05) is 24.3 Å². The van der Waals surface area contributed by atoms with Gasteiger partial charge in [0.15, 0.2) is 0 Å². The number of nitrogens with one attached hydrogen (secondary N) is 1. The number of piperidine rings is 1. The summed E-state index contributed by atoms with van der Waals surface area (Å²) in [6.45, 7) is 6.17. The van der Waals surface area contributed by atoms with E-state index in [9.17, 15) is 8.42 Å². The molecule has 1 heterocycles. The second kappa shape index (κ2) is 7.58. The number of benzene rings is 2. The highest BCUT2D eigenvalue weighted by atomic mass is 32.2. The summed E-state index contributed by atoms with van der Waals surface area (Å²) in [6.07, 6.45) is 2.05. The van der Waals surface area contributed by atoms with Crippen LogP contribution in [0.25, 0.3) is 0 Å². The van der Waals surface area contributed by atoms with Crippen LogP contribution in [0, 0.1) is 12.8 Å². The van der Waals surface area contributed by atoms with Crippen LogP contribution >= 0.6 is 0 Å². The zero-order valence-corrected chi connectivity index (χ0v) is 15.7. The smallest absolute Gasteiger partial charge is 0.243 e. The minimum absolute atomic E-state index is 0.378. The molecule has 0 spiro atoms. The molecule has 3 rings (SSSR count). The van der Waals surface area contributed by atoms with Crippen molar-refractivity contribution in [2.45, 2.75) is 38.1 Å². The molecule has 1 fully saturated rings. The molecule has 0 amide bonds. The molecule has 0 saturated carbocycles. The molecule has 2 aromatic carbocycles. The third-order valence-corrected chi connectivity index (χ3v) is 6.74. The van der Waals surface area contributed by atoms with Crippen LogP contribution in [0.5, 0.6) is 0 Å². The number of hydrogen-bond donors (Lipinski definition) is 1. The molecule has 1 aliphatic rings. The summed E-state index contributed by atoms with van der Waals surface area (Å²) in [5.74, 6) is 0.429. The number of rotatable bonds is 5. The normalized spacial score (nSPS) is 18.9. The van der Waals surface area contributed by atoms with Crippen molar-refractivity contribution in [2.24, 2.45) is 5.92 Å². The molecule has 1 unspecified atom stereocenters. The third-order valence-electron chi connectivity index (χ3n) is 4.86. The molecule has 1 N–H and O–H groups in total. The van der Waals surface area contributed by atoms with Crippen LogP contribution in [0.3, 0.4) is 0 Å². The van der Waals surface area contributed by atoms with Crippen molar-refractivity contribution in [3.8, 4) is 0 Å². The molecule has 0 aliphatic carbocycles. The van der Waals surface area contributed by atoms with Gasteiger partial charge in [0.25, 0.3) is 0 Å². The molecule has 5 heteroatoms. The highest BCUT2D eigenvalue weighted by molar-refractivity contribution is 7.89. The van der Waals surface area contributed by atoms with Gasteiger partial charge in [-0.2, -0.15) is 4.31 Å². The molecule has 25 heavy (non-hydrogen) atoms. The molecule has 1 atom stereocenters. The second-order valence-electron chi connectivity index (χ2n) is 6.91. The lowest BCUT2D eigenvalue weighted by atomic mass is 10.0. The quantitative estimate of drug-likeness (QED) is 0.878. The van der Waals surface area contributed by atoms with E-state index in [0.717, 1.165) is 25.1 Å². The van der Waals surface area contributed by atoms with Gasteiger partial charge in [-0.15, -0.1) is 0 Å². The average molecular weight is 359 g/mol. The molecular formula is C20H26N2O2S. The van der Waals surface area contributed by atoms with Gasteiger partial charge in [0.1, 0.15) is 0 Å². The zero-order chi connectivity index (χ0) is 17.9. The predicted molar refractivity (Wildman–Crippen MR) is 102 cm³/mol. The Hall–Kier alpha value is -1.85. The number of nitrogens with zero attached hydrogens (tertiary/aromatic N) is 1. The summed E-state index contributed by atoms with van der Waals surface area (Å²) >= 11 is 0. The van der Waals surface area contributed by atoms with Crippen LogP contribution in [0.2, 0.25) is 0 Å². The van der Waals surface area contributed by atoms with Crippen LogP contribution in [0.15, 0.2) is 53.4 Å². The second-order valence-corrected chi connectivity index (χ2v) is 8.85. The Balaban J connectivity index is 1.68. The lowest BCUT2D eigenvalue weighted by molar-refractivity contribution is 0.281. The first-order valence-electron chi connectivity index (χ1n) is 8.85. The van der Waals surface area contributed by atoms with Crippen molar-refractivity contribution < 1.29 is 8.42 Å². The number of aryl methyl sites for hydroxylation is 1. The van der Waals surface area contributed by atoms with Gasteiger partial charge < -0.3 is 5.32 Å². The fraction of sp³-hybridized carbons (Fsp3) is 0.400. The van der Waals surface area contributed by atoms with Crippen LogP contribution in [0.1, 0.15) is 30.9 Å². The van der Waals surface area contributed by atoms with E-state index in [1.54, 1.807) is 16.4 Å². The third kappa shape index (κ3) is 4.22. The lowest BCUT2D eigenvalue weighted by Crippen LogP contribution is -2.39. The van der Waals surface area contributed by atoms with E-state index in [4.69, 9.17) is 0 Å². The Labute approximate surface area is 150 Å². The monoisotopic (exact) mass is 358 g/mol. The van der Waals surface area contributed by atoms with Crippen molar-refractivity contribution >= 4 is 15.7 Å². The molecule has 134 valence electrons. The molecule has 2 aromatic rings. The lowest BCUT2D eigenvalue weighted by Gasteiger charge is -2.30. The average Bonchev–Trinajstić information content (AvgIpc) is 2.61. The molecule has 0 bridgehead atoms. The Morgan fingerprint density at radius 2 is 1.84 bits per heavy atom. The summed E-state index contributed by atoms with van der Waals surface area (Å²) in [6, 6.07) is 15.3. The van der Waals surface area contributed by atoms with Gasteiger partial charge in [0.05, 0.1) is 4.90 Å². The van der Waals surface area contributed by atoms with Crippen molar-refractivity contribution in [3.63, 3.8) is 0 Å². The first kappa shape index (κ1) is 18.0. The molecule has 1 aliphatic heterocycles. The van der Waals surface area contributed by atoms with Crippen molar-refractivity contribution in [2.75, 3.05) is 18.4 Å². The van der Waals surface area contributed by atoms with E-state index in [2.05, 4.69) is 31.3 Å². The van der Waals surface area contributed by atoms with Crippen LogP contribution in [0.4, 0.5) is 5.69 Å². The maximum absolute atomic E-state index is 12.8. The SMILES string of the molecule is Cc1ccccc1CNc1ccc(S(=O)(=O)N2CCCC(C)C2)cc1. The summed E-state index contributed by atoms with van der Waals surface area (Å²) in [7, 11) is -3.38. The topological polar surface area (TPSA) is 49.4 Å². The minimum Gasteiger partial charge on any atom is -0.381 e. The fourth-order valence-electron chi connectivity index (χ4n) is 3.26. The van der Waals surface area contributed by atoms with E-state index in [-0.39, 0.29) is 0 Å². The van der Waals surface area contributed by atoms with E-state index in [1.165, 1.54) is 11.1 Å². The van der Waals surface area contributed by atoms with Crippen LogP contribution < -0.4 is 5.32 Å². The van der Waals surface area contributed by atoms with Crippen LogP contribution in [-0.4, -0.2) is 25.8 Å². The molecule has 1 saturated heterocycles. The highest BCUT2D eigenvalue weighted by Crippen LogP contribution is 2.24. The Kier molecular flexibility index (Phi) is 5.45. The van der Waals surface area contributed by atoms with Gasteiger partial charge in [-0.25, -0.2) is 8.42 Å². The van der Waals surface area contributed by atoms with Crippen molar-refractivity contribution in [1.82, 2.24) is 4.31 Å². The molecule has 0 radical (unpaired) electrons. The van der Waals surface area contributed by atoms with Gasteiger partial charge in [-0.05, 0) is 61.1 Å². The standard InChI is InChI=1S/C20H26N2O2S/c1-16-6-5-13-22(15-16)25(23,24)20-11-9-19(10-12-20)21-14-18-8-4-3-7-17(18)2/h3-4,7-12,16,21H,5-6,13-15H2,1-2H3. The Morgan fingerprint density at radius 3 is 2.52 bits per heavy atom.